The van der Waals surface area contributed by atoms with E-state index in [2.05, 4.69) is 26.0 Å². The number of nitrogens with one attached hydrogen (secondary N) is 1. The maximum atomic E-state index is 12.2. The largest absolute Gasteiger partial charge is 0.435 e. The Balaban J connectivity index is 2.18. The van der Waals surface area contributed by atoms with E-state index in [-0.39, 0.29) is 11.7 Å². The molecule has 0 aliphatic heterocycles. The number of alkyl halides is 2. The molecule has 0 aromatic heterocycles. The van der Waals surface area contributed by atoms with Gasteiger partial charge >= 0.3 is 6.61 Å². The predicted octanol–water partition coefficient (Wildman–Crippen LogP) is 4.61. The summed E-state index contributed by atoms with van der Waals surface area (Å²) in [5.41, 5.74) is 1.69. The van der Waals surface area contributed by atoms with Crippen LogP contribution in [0.4, 0.5) is 14.5 Å². The summed E-state index contributed by atoms with van der Waals surface area (Å²) in [6, 6.07) is 11.1. The molecular weight excluding hydrogens is 344 g/mol. The van der Waals surface area contributed by atoms with Crippen LogP contribution in [-0.2, 0) is 0 Å². The van der Waals surface area contributed by atoms with Crippen LogP contribution in [0.2, 0.25) is 0 Å². The van der Waals surface area contributed by atoms with Gasteiger partial charge in [-0.15, -0.1) is 0 Å². The van der Waals surface area contributed by atoms with Crippen molar-refractivity contribution in [2.24, 2.45) is 0 Å². The van der Waals surface area contributed by atoms with Gasteiger partial charge in [-0.25, -0.2) is 0 Å². The summed E-state index contributed by atoms with van der Waals surface area (Å²) in [7, 11) is 0. The molecule has 6 heteroatoms. The lowest BCUT2D eigenvalue weighted by Gasteiger charge is -2.10. The number of hydrogen-bond donors (Lipinski definition) is 1. The lowest BCUT2D eigenvalue weighted by Crippen LogP contribution is -2.13. The van der Waals surface area contributed by atoms with Gasteiger partial charge in [0.15, 0.2) is 0 Å². The molecule has 1 N–H and O–H groups in total. The van der Waals surface area contributed by atoms with Crippen molar-refractivity contribution >= 4 is 27.5 Å². The number of ether oxygens (including phenoxy) is 1. The van der Waals surface area contributed by atoms with E-state index in [4.69, 9.17) is 0 Å². The Morgan fingerprint density at radius 3 is 2.67 bits per heavy atom. The first-order chi connectivity index (χ1) is 9.97. The smallest absolute Gasteiger partial charge is 0.387 e. The topological polar surface area (TPSA) is 38.3 Å². The van der Waals surface area contributed by atoms with E-state index in [1.54, 1.807) is 18.2 Å². The van der Waals surface area contributed by atoms with Crippen molar-refractivity contribution in [3.8, 4) is 5.75 Å². The first-order valence-electron chi connectivity index (χ1n) is 6.08. The Labute approximate surface area is 129 Å². The molecule has 0 unspecified atom stereocenters. The van der Waals surface area contributed by atoms with Gasteiger partial charge in [0, 0.05) is 21.8 Å². The summed E-state index contributed by atoms with van der Waals surface area (Å²) in [5, 5.41) is 2.66. The van der Waals surface area contributed by atoms with Gasteiger partial charge in [-0.05, 0) is 36.8 Å². The second-order valence-corrected chi connectivity index (χ2v) is 5.13. The minimum Gasteiger partial charge on any atom is -0.435 e. The fourth-order valence-electron chi connectivity index (χ4n) is 1.80. The Morgan fingerprint density at radius 1 is 1.24 bits per heavy atom. The summed E-state index contributed by atoms with van der Waals surface area (Å²) < 4.78 is 29.4. The molecule has 0 saturated heterocycles. The van der Waals surface area contributed by atoms with Crippen LogP contribution in [0, 0.1) is 6.92 Å². The summed E-state index contributed by atoms with van der Waals surface area (Å²) in [5.74, 6) is -0.322. The van der Waals surface area contributed by atoms with Crippen molar-refractivity contribution in [2.75, 3.05) is 5.32 Å². The number of halogens is 3. The monoisotopic (exact) mass is 355 g/mol. The molecule has 2 rings (SSSR count). The van der Waals surface area contributed by atoms with Gasteiger partial charge in [0.25, 0.3) is 5.91 Å². The van der Waals surface area contributed by atoms with Gasteiger partial charge in [-0.1, -0.05) is 28.1 Å². The highest BCUT2D eigenvalue weighted by molar-refractivity contribution is 9.10. The molecule has 110 valence electrons. The van der Waals surface area contributed by atoms with E-state index >= 15 is 0 Å². The van der Waals surface area contributed by atoms with Crippen LogP contribution in [0.5, 0.6) is 5.75 Å². The first-order valence-corrected chi connectivity index (χ1v) is 6.88. The number of carbonyl (C=O) groups is 1. The number of benzene rings is 2. The quantitative estimate of drug-likeness (QED) is 0.869. The molecule has 21 heavy (non-hydrogen) atoms. The Morgan fingerprint density at radius 2 is 1.95 bits per heavy atom. The van der Waals surface area contributed by atoms with Gasteiger partial charge in [-0.2, -0.15) is 8.78 Å². The van der Waals surface area contributed by atoms with E-state index in [1.807, 2.05) is 13.0 Å². The highest BCUT2D eigenvalue weighted by Gasteiger charge is 2.12. The molecule has 0 radical (unpaired) electrons. The molecule has 1 amide bonds. The van der Waals surface area contributed by atoms with Crippen molar-refractivity contribution in [2.45, 2.75) is 13.5 Å². The zero-order chi connectivity index (χ0) is 15.4. The fraction of sp³-hybridized carbons (Fsp3) is 0.133. The summed E-state index contributed by atoms with van der Waals surface area (Å²) in [6.07, 6.45) is 0. The second kappa shape index (κ2) is 6.67. The van der Waals surface area contributed by atoms with Crippen LogP contribution in [-0.4, -0.2) is 12.5 Å². The molecule has 3 nitrogen and oxygen atoms in total. The Kier molecular flexibility index (Phi) is 4.90. The highest BCUT2D eigenvalue weighted by atomic mass is 79.9. The minimum atomic E-state index is -2.90. The van der Waals surface area contributed by atoms with Crippen molar-refractivity contribution in [3.05, 3.63) is 58.1 Å². The van der Waals surface area contributed by atoms with Crippen LogP contribution in [0.1, 0.15) is 15.9 Å². The Bertz CT molecular complexity index is 662. The van der Waals surface area contributed by atoms with Gasteiger partial charge < -0.3 is 10.1 Å². The molecule has 2 aromatic carbocycles. The van der Waals surface area contributed by atoms with E-state index in [1.165, 1.54) is 18.2 Å². The zero-order valence-corrected chi connectivity index (χ0v) is 12.7. The number of rotatable bonds is 4. The summed E-state index contributed by atoms with van der Waals surface area (Å²) >= 11 is 3.36. The zero-order valence-electron chi connectivity index (χ0n) is 11.1. The maximum absolute atomic E-state index is 12.2. The summed E-state index contributed by atoms with van der Waals surface area (Å²) in [4.78, 5) is 12.2. The lowest BCUT2D eigenvalue weighted by molar-refractivity contribution is -0.0497. The minimum absolute atomic E-state index is 0.00577. The number of carbonyl (C=O) groups excluding carboxylic acids is 1. The predicted molar refractivity (Wildman–Crippen MR) is 79.9 cm³/mol. The third-order valence-corrected chi connectivity index (χ3v) is 3.69. The molecule has 0 bridgehead atoms. The van der Waals surface area contributed by atoms with E-state index in [0.29, 0.717) is 11.3 Å². The SMILES string of the molecule is Cc1c(Br)cccc1C(=O)Nc1cccc(OC(F)F)c1. The third kappa shape index (κ3) is 4.01. The van der Waals surface area contributed by atoms with Crippen LogP contribution < -0.4 is 10.1 Å². The molecule has 0 heterocycles. The molecule has 0 aliphatic carbocycles. The second-order valence-electron chi connectivity index (χ2n) is 4.27. The van der Waals surface area contributed by atoms with E-state index in [9.17, 15) is 13.6 Å². The molecule has 2 aromatic rings. The Hall–Kier alpha value is -1.95. The normalized spacial score (nSPS) is 10.5. The van der Waals surface area contributed by atoms with Crippen LogP contribution in [0.15, 0.2) is 46.9 Å². The van der Waals surface area contributed by atoms with Gasteiger partial charge in [0.1, 0.15) is 5.75 Å². The van der Waals surface area contributed by atoms with Crippen LogP contribution >= 0.6 is 15.9 Å². The molecule has 0 saturated carbocycles. The average molecular weight is 356 g/mol. The standard InChI is InChI=1S/C15H12BrF2NO2/c1-9-12(6-3-7-13(9)16)14(20)19-10-4-2-5-11(8-10)21-15(17)18/h2-8,15H,1H3,(H,19,20). The van der Waals surface area contributed by atoms with Gasteiger partial charge in [-0.3, -0.25) is 4.79 Å². The van der Waals surface area contributed by atoms with Crippen molar-refractivity contribution in [1.82, 2.24) is 0 Å². The lowest BCUT2D eigenvalue weighted by atomic mass is 10.1. The molecule has 0 atom stereocenters. The maximum Gasteiger partial charge on any atom is 0.387 e. The highest BCUT2D eigenvalue weighted by Crippen LogP contribution is 2.22. The average Bonchev–Trinajstić information content (AvgIpc) is 2.41. The molecule has 0 spiro atoms. The molecular formula is C15H12BrF2NO2. The number of anilines is 1. The summed E-state index contributed by atoms with van der Waals surface area (Å²) in [6.45, 7) is -1.08. The van der Waals surface area contributed by atoms with Crippen LogP contribution in [0.25, 0.3) is 0 Å². The van der Waals surface area contributed by atoms with Crippen LogP contribution in [0.3, 0.4) is 0 Å². The molecule has 0 aliphatic rings. The number of amides is 1. The molecule has 0 fully saturated rings. The van der Waals surface area contributed by atoms with Gasteiger partial charge in [0.05, 0.1) is 0 Å². The van der Waals surface area contributed by atoms with E-state index < -0.39 is 6.61 Å². The van der Waals surface area contributed by atoms with Crippen molar-refractivity contribution in [3.63, 3.8) is 0 Å². The fourth-order valence-corrected chi connectivity index (χ4v) is 2.17. The van der Waals surface area contributed by atoms with Crippen molar-refractivity contribution in [1.29, 1.82) is 0 Å². The van der Waals surface area contributed by atoms with Crippen molar-refractivity contribution < 1.29 is 18.3 Å². The van der Waals surface area contributed by atoms with E-state index in [0.717, 1.165) is 10.0 Å². The van der Waals surface area contributed by atoms with Gasteiger partial charge in [0.2, 0.25) is 0 Å². The number of hydrogen-bond acceptors (Lipinski definition) is 2. The first kappa shape index (κ1) is 15.4. The third-order valence-electron chi connectivity index (χ3n) is 2.83.